The summed E-state index contributed by atoms with van der Waals surface area (Å²) in [5.41, 5.74) is 0. The summed E-state index contributed by atoms with van der Waals surface area (Å²) in [5.74, 6) is 0. The van der Waals surface area contributed by atoms with Gasteiger partial charge >= 0.3 is 121 Å². The first-order valence-electron chi connectivity index (χ1n) is 8.83. The second kappa shape index (κ2) is 11.0. The molecule has 0 amide bonds. The third-order valence-electron chi connectivity index (χ3n) is 4.62. The van der Waals surface area contributed by atoms with Gasteiger partial charge in [0.25, 0.3) is 0 Å². The van der Waals surface area contributed by atoms with Crippen LogP contribution in [0.25, 0.3) is 0 Å². The van der Waals surface area contributed by atoms with Gasteiger partial charge in [0.05, 0.1) is 0 Å². The molecular formula is C24H25INP. The van der Waals surface area contributed by atoms with Gasteiger partial charge in [-0.3, -0.25) is 4.98 Å². The summed E-state index contributed by atoms with van der Waals surface area (Å²) in [6, 6.07) is 38.5. The molecule has 0 atom stereocenters. The van der Waals surface area contributed by atoms with E-state index in [0.717, 1.165) is 0 Å². The van der Waals surface area contributed by atoms with Crippen molar-refractivity contribution in [2.75, 3.05) is 6.66 Å². The van der Waals surface area contributed by atoms with Crippen LogP contribution in [-0.2, 0) is 0 Å². The molecule has 1 nitrogen and oxygen atoms in total. The second-order valence-corrected chi connectivity index (χ2v) is 10.2. The molecule has 1 heterocycles. The maximum absolute atomic E-state index is 3.78. The summed E-state index contributed by atoms with van der Waals surface area (Å²) in [7, 11) is -1.88. The van der Waals surface area contributed by atoms with Gasteiger partial charge in [0.1, 0.15) is 0 Å². The Kier molecular flexibility index (Phi) is 8.63. The Hall–Kier alpha value is -2.03. The summed E-state index contributed by atoms with van der Waals surface area (Å²) in [6.07, 6.45) is 3.50. The van der Waals surface area contributed by atoms with Crippen LogP contribution in [-0.4, -0.2) is 11.6 Å². The molecule has 0 unspecified atom stereocenters. The molecule has 0 aliphatic heterocycles. The van der Waals surface area contributed by atoms with Crippen LogP contribution in [0.2, 0.25) is 0 Å². The Morgan fingerprint density at radius 1 is 0.481 bits per heavy atom. The molecule has 4 rings (SSSR count). The van der Waals surface area contributed by atoms with Gasteiger partial charge in [-0.1, -0.05) is 6.07 Å². The van der Waals surface area contributed by atoms with E-state index in [4.69, 9.17) is 0 Å². The molecule has 0 saturated carbocycles. The summed E-state index contributed by atoms with van der Waals surface area (Å²) >= 11 is 0. The molecular weight excluding hydrogens is 460 g/mol. The van der Waals surface area contributed by atoms with Crippen LogP contribution < -0.4 is 15.9 Å². The van der Waals surface area contributed by atoms with Crippen LogP contribution in [0.1, 0.15) is 0 Å². The molecule has 3 heteroatoms. The van der Waals surface area contributed by atoms with Crippen molar-refractivity contribution < 1.29 is 0 Å². The number of pyridine rings is 1. The van der Waals surface area contributed by atoms with E-state index in [-0.39, 0.29) is 24.0 Å². The SMILES string of the molecule is C[PH](c1ccccc1)(c1ccccc1)c1ccccc1.I.c1ccncc1. The Morgan fingerprint density at radius 3 is 1.00 bits per heavy atom. The molecule has 0 aliphatic rings. The summed E-state index contributed by atoms with van der Waals surface area (Å²) in [6.45, 7) is 2.44. The van der Waals surface area contributed by atoms with Crippen LogP contribution in [0, 0.1) is 0 Å². The van der Waals surface area contributed by atoms with E-state index in [9.17, 15) is 0 Å². The van der Waals surface area contributed by atoms with Gasteiger partial charge in [-0.05, 0) is 12.1 Å². The second-order valence-electron chi connectivity index (χ2n) is 6.25. The van der Waals surface area contributed by atoms with Crippen LogP contribution in [0.4, 0.5) is 0 Å². The van der Waals surface area contributed by atoms with E-state index in [2.05, 4.69) is 103 Å². The maximum Gasteiger partial charge on any atom is 0.0267 e. The quantitative estimate of drug-likeness (QED) is 0.293. The minimum absolute atomic E-state index is 0. The molecule has 0 N–H and O–H groups in total. The average Bonchev–Trinajstić information content (AvgIpc) is 2.77. The summed E-state index contributed by atoms with van der Waals surface area (Å²) in [5, 5.41) is 4.37. The fourth-order valence-electron chi connectivity index (χ4n) is 3.13. The fourth-order valence-corrected chi connectivity index (χ4v) is 6.70. The largest absolute Gasteiger partial charge is 0.265 e. The topological polar surface area (TPSA) is 12.9 Å². The first-order valence-corrected chi connectivity index (χ1v) is 11.3. The van der Waals surface area contributed by atoms with E-state index in [0.29, 0.717) is 0 Å². The van der Waals surface area contributed by atoms with Crippen molar-refractivity contribution in [1.82, 2.24) is 4.98 Å². The smallest absolute Gasteiger partial charge is 0.0267 e. The third-order valence-corrected chi connectivity index (χ3v) is 9.08. The van der Waals surface area contributed by atoms with Crippen LogP contribution >= 0.6 is 31.2 Å². The normalized spacial score (nSPS) is 10.7. The van der Waals surface area contributed by atoms with Crippen molar-refractivity contribution in [2.24, 2.45) is 0 Å². The van der Waals surface area contributed by atoms with Gasteiger partial charge in [-0.25, -0.2) is 0 Å². The minimum Gasteiger partial charge on any atom is -0.265 e. The van der Waals surface area contributed by atoms with Crippen molar-refractivity contribution in [2.45, 2.75) is 0 Å². The van der Waals surface area contributed by atoms with E-state index in [1.807, 2.05) is 18.2 Å². The first kappa shape index (κ1) is 21.3. The van der Waals surface area contributed by atoms with Crippen molar-refractivity contribution in [3.05, 3.63) is 122 Å². The number of nitrogens with zero attached hydrogens (tertiary/aromatic N) is 1. The van der Waals surface area contributed by atoms with Gasteiger partial charge < -0.3 is 0 Å². The molecule has 4 aromatic rings. The molecule has 27 heavy (non-hydrogen) atoms. The zero-order chi connectivity index (χ0) is 18.1. The summed E-state index contributed by atoms with van der Waals surface area (Å²) < 4.78 is 0. The van der Waals surface area contributed by atoms with Gasteiger partial charge in [-0.2, -0.15) is 0 Å². The Labute approximate surface area is 179 Å². The van der Waals surface area contributed by atoms with Gasteiger partial charge in [-0.15, -0.1) is 24.0 Å². The van der Waals surface area contributed by atoms with Crippen molar-refractivity contribution in [3.8, 4) is 0 Å². The van der Waals surface area contributed by atoms with Crippen molar-refractivity contribution in [3.63, 3.8) is 0 Å². The zero-order valence-electron chi connectivity index (χ0n) is 15.4. The number of hydrogen-bond acceptors (Lipinski definition) is 1. The minimum atomic E-state index is -1.88. The predicted molar refractivity (Wildman–Crippen MR) is 132 cm³/mol. The van der Waals surface area contributed by atoms with Crippen LogP contribution in [0.15, 0.2) is 122 Å². The number of halogens is 1. The fraction of sp³-hybridized carbons (Fsp3) is 0.0417. The average molecular weight is 485 g/mol. The third kappa shape index (κ3) is 5.47. The van der Waals surface area contributed by atoms with Gasteiger partial charge in [0.2, 0.25) is 0 Å². The maximum atomic E-state index is 3.78. The number of aromatic nitrogens is 1. The molecule has 0 saturated heterocycles. The van der Waals surface area contributed by atoms with Gasteiger partial charge in [0, 0.05) is 12.4 Å². The first-order chi connectivity index (χ1) is 12.8. The molecule has 0 aliphatic carbocycles. The summed E-state index contributed by atoms with van der Waals surface area (Å²) in [4.78, 5) is 3.78. The van der Waals surface area contributed by atoms with Gasteiger partial charge in [0.15, 0.2) is 0 Å². The Morgan fingerprint density at radius 2 is 0.778 bits per heavy atom. The van der Waals surface area contributed by atoms with E-state index >= 15 is 0 Å². The number of benzene rings is 3. The van der Waals surface area contributed by atoms with Crippen LogP contribution in [0.3, 0.4) is 0 Å². The van der Waals surface area contributed by atoms with E-state index in [1.54, 1.807) is 12.4 Å². The number of rotatable bonds is 3. The molecule has 0 bridgehead atoms. The van der Waals surface area contributed by atoms with E-state index in [1.165, 1.54) is 15.9 Å². The zero-order valence-corrected chi connectivity index (χ0v) is 18.7. The Balaban J connectivity index is 0.000000320. The van der Waals surface area contributed by atoms with Crippen molar-refractivity contribution in [1.29, 1.82) is 0 Å². The van der Waals surface area contributed by atoms with Crippen molar-refractivity contribution >= 4 is 47.2 Å². The standard InChI is InChI=1S/C19H19P.C5H5N.HI/c1-20(17-11-5-2-6-12-17,18-13-7-3-8-14-18)19-15-9-4-10-16-19;1-2-4-6-5-3-1;/h2-16,20H,1H3;1-5H;1H. The van der Waals surface area contributed by atoms with Crippen LogP contribution in [0.5, 0.6) is 0 Å². The monoisotopic (exact) mass is 485 g/mol. The molecule has 0 spiro atoms. The molecule has 3 aromatic carbocycles. The molecule has 0 radical (unpaired) electrons. The van der Waals surface area contributed by atoms with E-state index < -0.39 is 7.26 Å². The molecule has 138 valence electrons. The molecule has 0 fully saturated rings. The molecule has 1 aromatic heterocycles. The predicted octanol–water partition coefficient (Wildman–Crippen LogP) is 5.04. The number of hydrogen-bond donors (Lipinski definition) is 0. The Bertz CT molecular complexity index is 761.